The van der Waals surface area contributed by atoms with E-state index >= 15 is 0 Å². The van der Waals surface area contributed by atoms with E-state index < -0.39 is 11.5 Å². The molecule has 7 heteroatoms. The van der Waals surface area contributed by atoms with Gasteiger partial charge in [0.15, 0.2) is 0 Å². The predicted octanol–water partition coefficient (Wildman–Crippen LogP) is 2.11. The van der Waals surface area contributed by atoms with Crippen LogP contribution in [-0.4, -0.2) is 48.6 Å². The van der Waals surface area contributed by atoms with Crippen molar-refractivity contribution in [2.45, 2.75) is 39.2 Å². The first-order valence-corrected chi connectivity index (χ1v) is 8.67. The molecule has 1 saturated heterocycles. The Labute approximate surface area is 153 Å². The number of halogens is 1. The standard InChI is InChI=1S/C19H27FN2O4/c1-18(2,3)11-17(24)22-8-9-26-19(12-22,10-16(21)23)13-25-15-6-4-14(20)5-7-15/h4-7H,8-13H2,1-3H3,(H2,21,23)/t19-/m0/s1. The summed E-state index contributed by atoms with van der Waals surface area (Å²) in [6.07, 6.45) is 0.339. The van der Waals surface area contributed by atoms with Crippen molar-refractivity contribution in [3.05, 3.63) is 30.1 Å². The Morgan fingerprint density at radius 2 is 1.96 bits per heavy atom. The number of nitrogens with two attached hydrogens (primary N) is 1. The minimum absolute atomic E-state index is 0.0106. The molecule has 2 amide bonds. The molecule has 0 spiro atoms. The molecule has 1 aromatic carbocycles. The summed E-state index contributed by atoms with van der Waals surface area (Å²) in [5.41, 5.74) is 4.25. The molecule has 2 rings (SSSR count). The summed E-state index contributed by atoms with van der Waals surface area (Å²) >= 11 is 0. The normalized spacial score (nSPS) is 20.7. The maximum atomic E-state index is 13.0. The number of ether oxygens (including phenoxy) is 2. The number of carbonyl (C=O) groups is 2. The number of carbonyl (C=O) groups excluding carboxylic acids is 2. The van der Waals surface area contributed by atoms with Crippen LogP contribution in [0, 0.1) is 11.2 Å². The van der Waals surface area contributed by atoms with E-state index in [0.29, 0.717) is 25.3 Å². The van der Waals surface area contributed by atoms with Crippen molar-refractivity contribution in [2.75, 3.05) is 26.3 Å². The Morgan fingerprint density at radius 1 is 1.31 bits per heavy atom. The molecule has 1 heterocycles. The van der Waals surface area contributed by atoms with Gasteiger partial charge in [-0.15, -0.1) is 0 Å². The molecular weight excluding hydrogens is 339 g/mol. The van der Waals surface area contributed by atoms with Crippen LogP contribution in [0.25, 0.3) is 0 Å². The van der Waals surface area contributed by atoms with Crippen LogP contribution in [-0.2, 0) is 14.3 Å². The molecule has 1 atom stereocenters. The molecule has 0 aromatic heterocycles. The molecule has 1 aliphatic heterocycles. The zero-order valence-electron chi connectivity index (χ0n) is 15.6. The van der Waals surface area contributed by atoms with E-state index in [1.165, 1.54) is 24.3 Å². The van der Waals surface area contributed by atoms with Crippen molar-refractivity contribution < 1.29 is 23.5 Å². The van der Waals surface area contributed by atoms with Crippen LogP contribution in [0.4, 0.5) is 4.39 Å². The Bertz CT molecular complexity index is 642. The number of nitrogens with zero attached hydrogens (tertiary/aromatic N) is 1. The lowest BCUT2D eigenvalue weighted by atomic mass is 9.90. The Kier molecular flexibility index (Phi) is 6.23. The van der Waals surface area contributed by atoms with Crippen LogP contribution >= 0.6 is 0 Å². The van der Waals surface area contributed by atoms with Gasteiger partial charge in [0.25, 0.3) is 0 Å². The van der Waals surface area contributed by atoms with Crippen molar-refractivity contribution in [1.29, 1.82) is 0 Å². The van der Waals surface area contributed by atoms with Crippen LogP contribution in [0.15, 0.2) is 24.3 Å². The molecule has 0 aliphatic carbocycles. The van der Waals surface area contributed by atoms with Gasteiger partial charge in [0.1, 0.15) is 23.8 Å². The predicted molar refractivity (Wildman–Crippen MR) is 95.0 cm³/mol. The Hall–Kier alpha value is -2.15. The topological polar surface area (TPSA) is 81.9 Å². The van der Waals surface area contributed by atoms with Crippen LogP contribution < -0.4 is 10.5 Å². The highest BCUT2D eigenvalue weighted by molar-refractivity contribution is 5.78. The van der Waals surface area contributed by atoms with Crippen LogP contribution in [0.3, 0.4) is 0 Å². The van der Waals surface area contributed by atoms with E-state index in [2.05, 4.69) is 0 Å². The van der Waals surface area contributed by atoms with E-state index in [0.717, 1.165) is 0 Å². The quantitative estimate of drug-likeness (QED) is 0.836. The Balaban J connectivity index is 2.10. The summed E-state index contributed by atoms with van der Waals surface area (Å²) in [5.74, 6) is -0.427. The first-order valence-electron chi connectivity index (χ1n) is 8.67. The summed E-state index contributed by atoms with van der Waals surface area (Å²) in [6, 6.07) is 5.57. The third-order valence-corrected chi connectivity index (χ3v) is 4.09. The second-order valence-corrected chi connectivity index (χ2v) is 7.97. The number of primary amides is 1. The lowest BCUT2D eigenvalue weighted by molar-refractivity contribution is -0.162. The molecule has 0 unspecified atom stereocenters. The van der Waals surface area contributed by atoms with Gasteiger partial charge in [-0.05, 0) is 29.7 Å². The van der Waals surface area contributed by atoms with Gasteiger partial charge < -0.3 is 20.1 Å². The molecular formula is C19H27FN2O4. The minimum atomic E-state index is -1.01. The van der Waals surface area contributed by atoms with E-state index in [1.54, 1.807) is 4.90 Å². The summed E-state index contributed by atoms with van der Waals surface area (Å²) in [5, 5.41) is 0. The molecule has 1 aromatic rings. The monoisotopic (exact) mass is 366 g/mol. The molecule has 6 nitrogen and oxygen atoms in total. The Morgan fingerprint density at radius 3 is 2.54 bits per heavy atom. The number of morpholine rings is 1. The highest BCUT2D eigenvalue weighted by Gasteiger charge is 2.41. The van der Waals surface area contributed by atoms with E-state index in [1.807, 2.05) is 20.8 Å². The van der Waals surface area contributed by atoms with Crippen molar-refractivity contribution in [3.8, 4) is 5.75 Å². The van der Waals surface area contributed by atoms with Crippen LogP contribution in [0.2, 0.25) is 0 Å². The average molecular weight is 366 g/mol. The summed E-state index contributed by atoms with van der Waals surface area (Å²) < 4.78 is 24.6. The van der Waals surface area contributed by atoms with E-state index in [4.69, 9.17) is 15.2 Å². The van der Waals surface area contributed by atoms with Gasteiger partial charge in [-0.3, -0.25) is 9.59 Å². The zero-order valence-corrected chi connectivity index (χ0v) is 15.6. The fraction of sp³-hybridized carbons (Fsp3) is 0.579. The van der Waals surface area contributed by atoms with Gasteiger partial charge in [-0.25, -0.2) is 4.39 Å². The number of rotatable bonds is 6. The number of hydrogen-bond donors (Lipinski definition) is 1. The highest BCUT2D eigenvalue weighted by Crippen LogP contribution is 2.27. The minimum Gasteiger partial charge on any atom is -0.490 e. The molecule has 26 heavy (non-hydrogen) atoms. The third kappa shape index (κ3) is 5.98. The van der Waals surface area contributed by atoms with Gasteiger partial charge in [0, 0.05) is 13.0 Å². The van der Waals surface area contributed by atoms with Gasteiger partial charge in [0.05, 0.1) is 19.6 Å². The largest absolute Gasteiger partial charge is 0.490 e. The van der Waals surface area contributed by atoms with Gasteiger partial charge >= 0.3 is 0 Å². The smallest absolute Gasteiger partial charge is 0.223 e. The number of amides is 2. The molecule has 1 fully saturated rings. The lowest BCUT2D eigenvalue weighted by Gasteiger charge is -2.42. The summed E-state index contributed by atoms with van der Waals surface area (Å²) in [7, 11) is 0. The molecule has 0 radical (unpaired) electrons. The van der Waals surface area contributed by atoms with Crippen LogP contribution in [0.5, 0.6) is 5.75 Å². The molecule has 1 aliphatic rings. The van der Waals surface area contributed by atoms with Crippen molar-refractivity contribution in [2.24, 2.45) is 11.1 Å². The molecule has 0 saturated carbocycles. The maximum absolute atomic E-state index is 13.0. The fourth-order valence-electron chi connectivity index (χ4n) is 2.93. The third-order valence-electron chi connectivity index (χ3n) is 4.09. The zero-order chi connectivity index (χ0) is 19.4. The second kappa shape index (κ2) is 8.03. The number of benzene rings is 1. The van der Waals surface area contributed by atoms with Crippen molar-refractivity contribution >= 4 is 11.8 Å². The second-order valence-electron chi connectivity index (χ2n) is 7.97. The molecule has 2 N–H and O–H groups in total. The molecule has 144 valence electrons. The van der Waals surface area contributed by atoms with Crippen molar-refractivity contribution in [3.63, 3.8) is 0 Å². The summed E-state index contributed by atoms with van der Waals surface area (Å²) in [6.45, 7) is 7.04. The maximum Gasteiger partial charge on any atom is 0.223 e. The SMILES string of the molecule is CC(C)(C)CC(=O)N1CCO[C@@](COc2ccc(F)cc2)(CC(N)=O)C1. The van der Waals surface area contributed by atoms with Gasteiger partial charge in [-0.1, -0.05) is 20.8 Å². The first kappa shape index (κ1) is 20.2. The van der Waals surface area contributed by atoms with Crippen LogP contribution in [0.1, 0.15) is 33.6 Å². The van der Waals surface area contributed by atoms with Gasteiger partial charge in [-0.2, -0.15) is 0 Å². The number of hydrogen-bond acceptors (Lipinski definition) is 4. The fourth-order valence-corrected chi connectivity index (χ4v) is 2.93. The molecule has 0 bridgehead atoms. The van der Waals surface area contributed by atoms with Crippen molar-refractivity contribution in [1.82, 2.24) is 4.90 Å². The first-order chi connectivity index (χ1) is 12.1. The van der Waals surface area contributed by atoms with Gasteiger partial charge in [0.2, 0.25) is 11.8 Å². The summed E-state index contributed by atoms with van der Waals surface area (Å²) in [4.78, 5) is 25.8. The van der Waals surface area contributed by atoms with E-state index in [-0.39, 0.29) is 36.7 Å². The van der Waals surface area contributed by atoms with E-state index in [9.17, 15) is 14.0 Å². The lowest BCUT2D eigenvalue weighted by Crippen LogP contribution is -2.58. The average Bonchev–Trinajstić information content (AvgIpc) is 2.52. The highest BCUT2D eigenvalue weighted by atomic mass is 19.1.